The Hall–Kier alpha value is -0.530. The van der Waals surface area contributed by atoms with Crippen LogP contribution in [0.4, 0.5) is 0 Å². The molecule has 2 heteroatoms. The highest BCUT2D eigenvalue weighted by molar-refractivity contribution is 5.72. The van der Waals surface area contributed by atoms with Crippen molar-refractivity contribution in [2.75, 3.05) is 0 Å². The van der Waals surface area contributed by atoms with Crippen molar-refractivity contribution in [3.05, 3.63) is 0 Å². The van der Waals surface area contributed by atoms with E-state index in [9.17, 15) is 4.79 Å². The second kappa shape index (κ2) is 3.56. The van der Waals surface area contributed by atoms with Crippen molar-refractivity contribution in [2.24, 2.45) is 35.0 Å². The number of ether oxygens (including phenoxy) is 1. The standard InChI is InChI=1S/C17H26O2/c1-10(2)15(18)19-16(3)9-14-13-5-11-4-12(6-13)8-17(14,16)7-11/h10-14H,4-9H2,1-3H3. The third-order valence-corrected chi connectivity index (χ3v) is 6.98. The Morgan fingerprint density at radius 2 is 1.74 bits per heavy atom. The summed E-state index contributed by atoms with van der Waals surface area (Å²) in [6.07, 6.45) is 8.21. The molecule has 4 unspecified atom stereocenters. The van der Waals surface area contributed by atoms with Gasteiger partial charge in [0.15, 0.2) is 0 Å². The van der Waals surface area contributed by atoms with E-state index in [-0.39, 0.29) is 17.5 Å². The first-order chi connectivity index (χ1) is 8.93. The summed E-state index contributed by atoms with van der Waals surface area (Å²) >= 11 is 0. The van der Waals surface area contributed by atoms with Crippen LogP contribution in [0.5, 0.6) is 0 Å². The molecule has 5 saturated carbocycles. The largest absolute Gasteiger partial charge is 0.459 e. The number of esters is 1. The van der Waals surface area contributed by atoms with Gasteiger partial charge in [-0.05, 0) is 69.1 Å². The first-order valence-electron chi connectivity index (χ1n) is 8.16. The lowest BCUT2D eigenvalue weighted by Crippen LogP contribution is -2.72. The van der Waals surface area contributed by atoms with Gasteiger partial charge in [-0.1, -0.05) is 13.8 Å². The highest BCUT2D eigenvalue weighted by Crippen LogP contribution is 2.75. The fourth-order valence-electron chi connectivity index (χ4n) is 6.31. The summed E-state index contributed by atoms with van der Waals surface area (Å²) in [4.78, 5) is 12.1. The van der Waals surface area contributed by atoms with Crippen LogP contribution in [0.1, 0.15) is 59.3 Å². The fraction of sp³-hybridized carbons (Fsp3) is 0.941. The van der Waals surface area contributed by atoms with Gasteiger partial charge in [-0.2, -0.15) is 0 Å². The van der Waals surface area contributed by atoms with Crippen LogP contribution in [0.15, 0.2) is 0 Å². The molecule has 4 bridgehead atoms. The first kappa shape index (κ1) is 12.2. The van der Waals surface area contributed by atoms with E-state index in [1.165, 1.54) is 32.1 Å². The molecule has 0 aromatic rings. The van der Waals surface area contributed by atoms with E-state index in [0.29, 0.717) is 5.41 Å². The molecule has 0 N–H and O–H groups in total. The lowest BCUT2D eigenvalue weighted by atomic mass is 9.33. The van der Waals surface area contributed by atoms with Crippen molar-refractivity contribution in [1.29, 1.82) is 0 Å². The zero-order valence-electron chi connectivity index (χ0n) is 12.4. The average Bonchev–Trinajstić information content (AvgIpc) is 2.33. The van der Waals surface area contributed by atoms with E-state index in [0.717, 1.165) is 30.1 Å². The highest BCUT2D eigenvalue weighted by Gasteiger charge is 2.72. The Morgan fingerprint density at radius 3 is 2.32 bits per heavy atom. The summed E-state index contributed by atoms with van der Waals surface area (Å²) < 4.78 is 6.01. The monoisotopic (exact) mass is 262 g/mol. The first-order valence-corrected chi connectivity index (χ1v) is 8.16. The molecule has 4 atom stereocenters. The molecule has 0 radical (unpaired) electrons. The van der Waals surface area contributed by atoms with Crippen molar-refractivity contribution in [2.45, 2.75) is 64.9 Å². The van der Waals surface area contributed by atoms with Crippen molar-refractivity contribution in [1.82, 2.24) is 0 Å². The normalized spacial score (nSPS) is 53.9. The van der Waals surface area contributed by atoms with Crippen LogP contribution in [0.3, 0.4) is 0 Å². The number of rotatable bonds is 2. The van der Waals surface area contributed by atoms with Gasteiger partial charge in [-0.15, -0.1) is 0 Å². The van der Waals surface area contributed by atoms with Gasteiger partial charge >= 0.3 is 5.97 Å². The second-order valence-corrected chi connectivity index (χ2v) is 8.38. The molecule has 0 saturated heterocycles. The molecule has 5 fully saturated rings. The second-order valence-electron chi connectivity index (χ2n) is 8.38. The molecule has 1 spiro atoms. The van der Waals surface area contributed by atoms with Gasteiger partial charge in [-0.3, -0.25) is 4.79 Å². The molecule has 0 aliphatic heterocycles. The minimum atomic E-state index is -0.144. The zero-order valence-corrected chi connectivity index (χ0v) is 12.4. The molecule has 0 amide bonds. The van der Waals surface area contributed by atoms with Crippen LogP contribution < -0.4 is 0 Å². The third-order valence-electron chi connectivity index (χ3n) is 6.98. The summed E-state index contributed by atoms with van der Waals surface area (Å²) in [5.74, 6) is 3.71. The topological polar surface area (TPSA) is 26.3 Å². The van der Waals surface area contributed by atoms with Gasteiger partial charge in [-0.25, -0.2) is 0 Å². The van der Waals surface area contributed by atoms with E-state index in [1.54, 1.807) is 0 Å². The maximum atomic E-state index is 12.1. The molecule has 2 nitrogen and oxygen atoms in total. The molecule has 0 aromatic heterocycles. The van der Waals surface area contributed by atoms with Crippen LogP contribution in [0.2, 0.25) is 0 Å². The molecular weight excluding hydrogens is 236 g/mol. The molecule has 5 aliphatic rings. The van der Waals surface area contributed by atoms with Gasteiger partial charge in [0.05, 0.1) is 5.92 Å². The Morgan fingerprint density at radius 1 is 1.11 bits per heavy atom. The summed E-state index contributed by atoms with van der Waals surface area (Å²) in [5, 5.41) is 0. The Bertz CT molecular complexity index is 413. The van der Waals surface area contributed by atoms with Gasteiger partial charge in [0, 0.05) is 5.41 Å². The summed E-state index contributed by atoms with van der Waals surface area (Å²) in [6.45, 7) is 6.12. The van der Waals surface area contributed by atoms with Crippen LogP contribution in [-0.4, -0.2) is 11.6 Å². The maximum absolute atomic E-state index is 12.1. The van der Waals surface area contributed by atoms with Gasteiger partial charge in [0.2, 0.25) is 0 Å². The fourth-order valence-corrected chi connectivity index (χ4v) is 6.31. The zero-order chi connectivity index (χ0) is 13.4. The molecule has 106 valence electrons. The molecular formula is C17H26O2. The van der Waals surface area contributed by atoms with E-state index in [1.807, 2.05) is 13.8 Å². The number of carbonyl (C=O) groups excluding carboxylic acids is 1. The molecule has 0 aromatic carbocycles. The number of hydrogen-bond donors (Lipinski definition) is 0. The van der Waals surface area contributed by atoms with Crippen molar-refractivity contribution in [3.8, 4) is 0 Å². The summed E-state index contributed by atoms with van der Waals surface area (Å²) in [6, 6.07) is 0. The Balaban J connectivity index is 1.62. The van der Waals surface area contributed by atoms with Crippen LogP contribution in [-0.2, 0) is 9.53 Å². The lowest BCUT2D eigenvalue weighted by Gasteiger charge is -2.73. The van der Waals surface area contributed by atoms with E-state index < -0.39 is 0 Å². The molecule has 5 aliphatic carbocycles. The lowest BCUT2D eigenvalue weighted by molar-refractivity contribution is -0.297. The summed E-state index contributed by atoms with van der Waals surface area (Å²) in [5.41, 5.74) is 0.224. The van der Waals surface area contributed by atoms with Crippen molar-refractivity contribution < 1.29 is 9.53 Å². The maximum Gasteiger partial charge on any atom is 0.308 e. The van der Waals surface area contributed by atoms with Crippen molar-refractivity contribution >= 4 is 5.97 Å². The Labute approximate surface area is 116 Å². The van der Waals surface area contributed by atoms with Crippen LogP contribution in [0.25, 0.3) is 0 Å². The molecule has 5 rings (SSSR count). The average molecular weight is 262 g/mol. The van der Waals surface area contributed by atoms with Gasteiger partial charge < -0.3 is 4.74 Å². The number of hydrogen-bond acceptors (Lipinski definition) is 2. The minimum Gasteiger partial charge on any atom is -0.459 e. The van der Waals surface area contributed by atoms with Crippen LogP contribution in [0, 0.1) is 35.0 Å². The van der Waals surface area contributed by atoms with Gasteiger partial charge in [0.1, 0.15) is 5.60 Å². The van der Waals surface area contributed by atoms with Crippen LogP contribution >= 0.6 is 0 Å². The van der Waals surface area contributed by atoms with Crippen molar-refractivity contribution in [3.63, 3.8) is 0 Å². The molecule has 0 heterocycles. The minimum absolute atomic E-state index is 0.00443. The van der Waals surface area contributed by atoms with E-state index in [2.05, 4.69) is 6.92 Å². The van der Waals surface area contributed by atoms with E-state index in [4.69, 9.17) is 4.74 Å². The van der Waals surface area contributed by atoms with Gasteiger partial charge in [0.25, 0.3) is 0 Å². The number of carbonyl (C=O) groups is 1. The predicted molar refractivity (Wildman–Crippen MR) is 73.4 cm³/mol. The quantitative estimate of drug-likeness (QED) is 0.708. The smallest absolute Gasteiger partial charge is 0.308 e. The summed E-state index contributed by atoms with van der Waals surface area (Å²) in [7, 11) is 0. The molecule has 19 heavy (non-hydrogen) atoms. The van der Waals surface area contributed by atoms with E-state index >= 15 is 0 Å². The third kappa shape index (κ3) is 1.41. The SMILES string of the molecule is CC(C)C(=O)OC1(C)CC2C3CC4CC(C3)CC21C4. The highest BCUT2D eigenvalue weighted by atomic mass is 16.6. The predicted octanol–water partition coefficient (Wildman–Crippen LogP) is 3.79. The Kier molecular flexibility index (Phi) is 2.29.